The molecule has 0 heterocycles. The van der Waals surface area contributed by atoms with Gasteiger partial charge in [-0.25, -0.2) is 0 Å². The van der Waals surface area contributed by atoms with Crippen molar-refractivity contribution in [1.82, 2.24) is 0 Å². The van der Waals surface area contributed by atoms with E-state index in [9.17, 15) is 14.4 Å². The summed E-state index contributed by atoms with van der Waals surface area (Å²) in [4.78, 5) is 36.6. The molecule has 0 fully saturated rings. The van der Waals surface area contributed by atoms with Crippen molar-refractivity contribution in [3.63, 3.8) is 0 Å². The first-order valence-corrected chi connectivity index (χ1v) is 7.53. The minimum Gasteiger partial charge on any atom is -0.452 e. The molecule has 24 heavy (non-hydrogen) atoms. The molecule has 0 radical (unpaired) electrons. The number of carbonyl (C=O) groups is 3. The summed E-state index contributed by atoms with van der Waals surface area (Å²) in [7, 11) is 0. The number of ether oxygens (including phenoxy) is 2. The summed E-state index contributed by atoms with van der Waals surface area (Å²) in [5.41, 5.74) is -0.327. The third-order valence-electron chi connectivity index (χ3n) is 3.99. The third-order valence-corrected chi connectivity index (χ3v) is 3.99. The molecule has 3 rings (SSSR count). The van der Waals surface area contributed by atoms with Gasteiger partial charge in [-0.2, -0.15) is 0 Å². The average Bonchev–Trinajstić information content (AvgIpc) is 2.78. The lowest BCUT2D eigenvalue weighted by molar-refractivity contribution is -0.177. The number of ketones is 1. The SMILES string of the molecule is CC(=O)O[C@H]1c2ccccc2C(=O)[C@]1(OC(C)=O)c1ccccc1. The molecule has 2 aromatic carbocycles. The second-order valence-corrected chi connectivity index (χ2v) is 5.60. The maximum atomic E-state index is 13.2. The zero-order valence-electron chi connectivity index (χ0n) is 13.3. The number of hydrogen-bond donors (Lipinski definition) is 0. The molecule has 2 atom stereocenters. The molecule has 1 aliphatic rings. The summed E-state index contributed by atoms with van der Waals surface area (Å²) in [5.74, 6) is -1.58. The molecule has 0 unspecified atom stereocenters. The van der Waals surface area contributed by atoms with Crippen LogP contribution in [0.15, 0.2) is 54.6 Å². The quantitative estimate of drug-likeness (QED) is 0.812. The Kier molecular flexibility index (Phi) is 3.93. The predicted molar refractivity (Wildman–Crippen MR) is 85.2 cm³/mol. The highest BCUT2D eigenvalue weighted by molar-refractivity contribution is 6.09. The lowest BCUT2D eigenvalue weighted by Crippen LogP contribution is -2.42. The van der Waals surface area contributed by atoms with Crippen LogP contribution in [0.25, 0.3) is 0 Å². The molecule has 0 N–H and O–H groups in total. The molecule has 0 aliphatic heterocycles. The molecule has 122 valence electrons. The summed E-state index contributed by atoms with van der Waals surface area (Å²) in [6.45, 7) is 2.49. The number of esters is 2. The lowest BCUT2D eigenvalue weighted by Gasteiger charge is -2.33. The van der Waals surface area contributed by atoms with E-state index in [1.54, 1.807) is 54.6 Å². The second-order valence-electron chi connectivity index (χ2n) is 5.60. The summed E-state index contributed by atoms with van der Waals surface area (Å²) in [6.07, 6.45) is -1.02. The van der Waals surface area contributed by atoms with Crippen LogP contribution < -0.4 is 0 Å². The molecule has 1 aliphatic carbocycles. The minimum absolute atomic E-state index is 0.383. The van der Waals surface area contributed by atoms with Crippen molar-refractivity contribution in [2.75, 3.05) is 0 Å². The highest BCUT2D eigenvalue weighted by Crippen LogP contribution is 2.50. The first-order valence-electron chi connectivity index (χ1n) is 7.53. The van der Waals surface area contributed by atoms with Crippen LogP contribution in [0.5, 0.6) is 0 Å². The van der Waals surface area contributed by atoms with E-state index < -0.39 is 29.4 Å². The van der Waals surface area contributed by atoms with Gasteiger partial charge < -0.3 is 9.47 Å². The van der Waals surface area contributed by atoms with Crippen molar-refractivity contribution in [2.24, 2.45) is 0 Å². The Morgan fingerprint density at radius 1 is 0.917 bits per heavy atom. The van der Waals surface area contributed by atoms with Crippen molar-refractivity contribution >= 4 is 17.7 Å². The highest BCUT2D eigenvalue weighted by atomic mass is 16.6. The van der Waals surface area contributed by atoms with Crippen molar-refractivity contribution < 1.29 is 23.9 Å². The second kappa shape index (κ2) is 5.92. The van der Waals surface area contributed by atoms with Gasteiger partial charge in [0.05, 0.1) is 0 Å². The summed E-state index contributed by atoms with van der Waals surface area (Å²) >= 11 is 0. The Balaban J connectivity index is 2.27. The van der Waals surface area contributed by atoms with Crippen molar-refractivity contribution in [3.8, 4) is 0 Å². The van der Waals surface area contributed by atoms with Crippen LogP contribution in [0, 0.1) is 0 Å². The fraction of sp³-hybridized carbons (Fsp3) is 0.211. The highest BCUT2D eigenvalue weighted by Gasteiger charge is 2.59. The third kappa shape index (κ3) is 2.38. The van der Waals surface area contributed by atoms with Gasteiger partial charge >= 0.3 is 11.9 Å². The summed E-state index contributed by atoms with van der Waals surface area (Å²) < 4.78 is 11.0. The van der Waals surface area contributed by atoms with E-state index in [0.717, 1.165) is 0 Å². The largest absolute Gasteiger partial charge is 0.452 e. The van der Waals surface area contributed by atoms with Crippen LogP contribution in [0.3, 0.4) is 0 Å². The smallest absolute Gasteiger partial charge is 0.304 e. The number of hydrogen-bond acceptors (Lipinski definition) is 5. The number of carbonyl (C=O) groups excluding carboxylic acids is 3. The first-order chi connectivity index (χ1) is 11.5. The fourth-order valence-electron chi connectivity index (χ4n) is 3.14. The fourth-order valence-corrected chi connectivity index (χ4v) is 3.14. The Bertz CT molecular complexity index is 812. The Hall–Kier alpha value is -2.95. The van der Waals surface area contributed by atoms with E-state index in [-0.39, 0.29) is 0 Å². The topological polar surface area (TPSA) is 69.7 Å². The van der Waals surface area contributed by atoms with E-state index in [4.69, 9.17) is 9.47 Å². The number of fused-ring (bicyclic) bond motifs is 1. The maximum absolute atomic E-state index is 13.2. The van der Waals surface area contributed by atoms with Gasteiger partial charge in [0, 0.05) is 30.5 Å². The van der Waals surface area contributed by atoms with Crippen molar-refractivity contribution in [1.29, 1.82) is 0 Å². The standard InChI is InChI=1S/C19H16O5/c1-12(20)23-18-16-11-7-6-10-15(16)17(22)19(18,24-13(2)21)14-8-4-3-5-9-14/h3-11,18H,1-2H3/t18-,19+/m0/s1. The van der Waals surface area contributed by atoms with E-state index in [0.29, 0.717) is 16.7 Å². The van der Waals surface area contributed by atoms with E-state index in [1.165, 1.54) is 13.8 Å². The molecule has 0 amide bonds. The van der Waals surface area contributed by atoms with Crippen LogP contribution in [-0.2, 0) is 24.7 Å². The minimum atomic E-state index is -1.71. The molecule has 2 aromatic rings. The molecular weight excluding hydrogens is 308 g/mol. The van der Waals surface area contributed by atoms with Crippen molar-refractivity contribution in [2.45, 2.75) is 25.6 Å². The predicted octanol–water partition coefficient (Wildman–Crippen LogP) is 2.95. The molecule has 0 spiro atoms. The molecule has 0 bridgehead atoms. The molecule has 5 nitrogen and oxygen atoms in total. The maximum Gasteiger partial charge on any atom is 0.304 e. The van der Waals surface area contributed by atoms with Crippen LogP contribution in [0.1, 0.15) is 41.4 Å². The van der Waals surface area contributed by atoms with Gasteiger partial charge in [-0.05, 0) is 0 Å². The molecule has 5 heteroatoms. The average molecular weight is 324 g/mol. The van der Waals surface area contributed by atoms with Crippen LogP contribution in [-0.4, -0.2) is 17.7 Å². The van der Waals surface area contributed by atoms with E-state index in [2.05, 4.69) is 0 Å². The molecule has 0 saturated heterocycles. The zero-order chi connectivity index (χ0) is 17.3. The van der Waals surface area contributed by atoms with Gasteiger partial charge in [-0.3, -0.25) is 14.4 Å². The first kappa shape index (κ1) is 15.9. The van der Waals surface area contributed by atoms with Gasteiger partial charge in [0.1, 0.15) is 0 Å². The molecule has 0 saturated carbocycles. The van der Waals surface area contributed by atoms with Crippen molar-refractivity contribution in [3.05, 3.63) is 71.3 Å². The Morgan fingerprint density at radius 3 is 2.17 bits per heavy atom. The van der Waals surface area contributed by atoms with E-state index in [1.807, 2.05) is 0 Å². The summed E-state index contributed by atoms with van der Waals surface area (Å²) in [5, 5.41) is 0. The normalized spacial score (nSPS) is 21.9. The monoisotopic (exact) mass is 324 g/mol. The molecular formula is C19H16O5. The van der Waals surface area contributed by atoms with Crippen LogP contribution >= 0.6 is 0 Å². The van der Waals surface area contributed by atoms with Gasteiger partial charge in [-0.1, -0.05) is 54.6 Å². The molecule has 0 aromatic heterocycles. The van der Waals surface area contributed by atoms with Gasteiger partial charge in [0.15, 0.2) is 6.10 Å². The summed E-state index contributed by atoms with van der Waals surface area (Å²) in [6, 6.07) is 15.4. The number of rotatable bonds is 3. The van der Waals surface area contributed by atoms with Crippen LogP contribution in [0.2, 0.25) is 0 Å². The van der Waals surface area contributed by atoms with Crippen LogP contribution in [0.4, 0.5) is 0 Å². The Labute approximate surface area is 139 Å². The van der Waals surface area contributed by atoms with Gasteiger partial charge in [0.25, 0.3) is 0 Å². The van der Waals surface area contributed by atoms with Gasteiger partial charge in [0.2, 0.25) is 11.4 Å². The Morgan fingerprint density at radius 2 is 1.54 bits per heavy atom. The zero-order valence-corrected chi connectivity index (χ0v) is 13.3. The lowest BCUT2D eigenvalue weighted by atomic mass is 9.87. The number of benzene rings is 2. The number of Topliss-reactive ketones (excluding diaryl/α,β-unsaturated/α-hetero) is 1. The van der Waals surface area contributed by atoms with E-state index >= 15 is 0 Å². The van der Waals surface area contributed by atoms with Gasteiger partial charge in [-0.15, -0.1) is 0 Å².